The number of aliphatic hydroxyl groups is 1. The van der Waals surface area contributed by atoms with Crippen LogP contribution < -0.4 is 14.8 Å². The lowest BCUT2D eigenvalue weighted by Crippen LogP contribution is -2.26. The van der Waals surface area contributed by atoms with Crippen molar-refractivity contribution in [3.63, 3.8) is 0 Å². The summed E-state index contributed by atoms with van der Waals surface area (Å²) in [6.07, 6.45) is -2.99. The largest absolute Gasteiger partial charge is 0.497 e. The zero-order valence-electron chi connectivity index (χ0n) is 16.8. The first-order valence-electron chi connectivity index (χ1n) is 9.14. The smallest absolute Gasteiger partial charge is 0.422 e. The number of amides is 1. The van der Waals surface area contributed by atoms with Gasteiger partial charge in [0, 0.05) is 23.7 Å². The summed E-state index contributed by atoms with van der Waals surface area (Å²) in [4.78, 5) is 16.5. The van der Waals surface area contributed by atoms with Crippen LogP contribution in [0.2, 0.25) is 0 Å². The van der Waals surface area contributed by atoms with Crippen LogP contribution in [0.3, 0.4) is 0 Å². The molecule has 0 spiro atoms. The molecule has 3 aromatic rings. The van der Waals surface area contributed by atoms with Gasteiger partial charge in [0.1, 0.15) is 11.5 Å². The van der Waals surface area contributed by atoms with E-state index in [-0.39, 0.29) is 24.8 Å². The summed E-state index contributed by atoms with van der Waals surface area (Å²) >= 11 is 1.84. The lowest BCUT2D eigenvalue weighted by molar-refractivity contribution is -0.153. The number of thiol groups is 1. The summed E-state index contributed by atoms with van der Waals surface area (Å²) < 4.78 is 47.0. The topological polar surface area (TPSA) is 80.7 Å². The minimum absolute atomic E-state index is 0.0964. The number of carbonyl (C=O) groups excluding carboxylic acids is 1. The lowest BCUT2D eigenvalue weighted by Gasteiger charge is -2.12. The number of aliphatic hydroxyl groups excluding tert-OH is 1. The van der Waals surface area contributed by atoms with Crippen molar-refractivity contribution in [1.82, 2.24) is 10.3 Å². The Hall–Kier alpha value is -2.25. The first kappa shape index (κ1) is 26.0. The maximum Gasteiger partial charge on any atom is 0.422 e. The molecule has 3 rings (SSSR count). The highest BCUT2D eigenvalue weighted by Gasteiger charge is 2.28. The van der Waals surface area contributed by atoms with E-state index in [4.69, 9.17) is 14.6 Å². The zero-order valence-corrected chi connectivity index (χ0v) is 19.9. The van der Waals surface area contributed by atoms with Crippen LogP contribution in [0.4, 0.5) is 13.2 Å². The van der Waals surface area contributed by atoms with Crippen LogP contribution in [-0.2, 0) is 0 Å². The van der Waals surface area contributed by atoms with Crippen LogP contribution in [0.5, 0.6) is 11.5 Å². The normalized spacial score (nSPS) is 10.8. The molecule has 0 fully saturated rings. The number of aromatic nitrogens is 1. The Balaban J connectivity index is 0.00000176. The van der Waals surface area contributed by atoms with Crippen LogP contribution in [0, 0.1) is 0 Å². The van der Waals surface area contributed by atoms with Crippen molar-refractivity contribution >= 4 is 47.8 Å². The standard InChI is InChI=1S/C21H19F3N2O4.HIS/c1-29-17-9-14-8-15(20(28)25-6-7-27)11-26-19(14)18(10-17)13-2-4-16(5-3-13)30-12-21(22,23)24;1-2/h2-5,8-11,27H,6-7,12H2,1H3,(H,25,28);2H. The molecule has 1 aromatic heterocycles. The van der Waals surface area contributed by atoms with Gasteiger partial charge in [0.2, 0.25) is 0 Å². The second-order valence-electron chi connectivity index (χ2n) is 6.38. The number of hydrogen-bond donors (Lipinski definition) is 3. The molecule has 172 valence electrons. The van der Waals surface area contributed by atoms with E-state index in [9.17, 15) is 18.0 Å². The van der Waals surface area contributed by atoms with E-state index in [1.165, 1.54) is 25.4 Å². The second kappa shape index (κ2) is 12.1. The Labute approximate surface area is 200 Å². The van der Waals surface area contributed by atoms with Gasteiger partial charge in [-0.15, -0.1) is 9.80 Å². The number of fused-ring (bicyclic) bond motifs is 1. The van der Waals surface area contributed by atoms with Gasteiger partial charge in [0.15, 0.2) is 6.61 Å². The van der Waals surface area contributed by atoms with Crippen molar-refractivity contribution in [2.45, 2.75) is 6.18 Å². The summed E-state index contributed by atoms with van der Waals surface area (Å²) in [5, 5.41) is 12.1. The maximum atomic E-state index is 12.3. The second-order valence-corrected chi connectivity index (χ2v) is 6.38. The molecule has 32 heavy (non-hydrogen) atoms. The predicted octanol–water partition coefficient (Wildman–Crippen LogP) is 4.84. The number of nitrogens with zero attached hydrogens (tertiary/aromatic N) is 1. The quantitative estimate of drug-likeness (QED) is 0.276. The van der Waals surface area contributed by atoms with Crippen molar-refractivity contribution in [3.8, 4) is 22.6 Å². The van der Waals surface area contributed by atoms with Gasteiger partial charge in [0.05, 0.1) is 24.8 Å². The first-order chi connectivity index (χ1) is 15.3. The van der Waals surface area contributed by atoms with Crippen molar-refractivity contribution in [3.05, 3.63) is 54.2 Å². The van der Waals surface area contributed by atoms with Crippen molar-refractivity contribution in [2.24, 2.45) is 0 Å². The van der Waals surface area contributed by atoms with Gasteiger partial charge in [-0.3, -0.25) is 9.78 Å². The van der Waals surface area contributed by atoms with Gasteiger partial charge in [-0.05, 0) is 57.1 Å². The van der Waals surface area contributed by atoms with Gasteiger partial charge >= 0.3 is 6.18 Å². The van der Waals surface area contributed by atoms with E-state index in [1.807, 2.05) is 21.2 Å². The number of methoxy groups -OCH3 is 1. The van der Waals surface area contributed by atoms with E-state index in [0.29, 0.717) is 33.3 Å². The average Bonchev–Trinajstić information content (AvgIpc) is 2.81. The maximum absolute atomic E-state index is 12.3. The monoisotopic (exact) mass is 580 g/mol. The van der Waals surface area contributed by atoms with Gasteiger partial charge in [-0.25, -0.2) is 0 Å². The Bertz CT molecular complexity index is 1050. The van der Waals surface area contributed by atoms with E-state index >= 15 is 0 Å². The number of benzene rings is 2. The summed E-state index contributed by atoms with van der Waals surface area (Å²) in [5.74, 6) is 0.262. The summed E-state index contributed by atoms with van der Waals surface area (Å²) in [7, 11) is 5.00. The molecule has 0 aliphatic heterocycles. The molecule has 0 bridgehead atoms. The van der Waals surface area contributed by atoms with Crippen molar-refractivity contribution < 1.29 is 32.5 Å². The number of alkyl halides is 3. The zero-order chi connectivity index (χ0) is 23.7. The summed E-state index contributed by atoms with van der Waals surface area (Å²) in [6.45, 7) is -1.41. The fourth-order valence-electron chi connectivity index (χ4n) is 2.85. The van der Waals surface area contributed by atoms with Gasteiger partial charge in [-0.2, -0.15) is 13.2 Å². The van der Waals surface area contributed by atoms with E-state index in [1.54, 1.807) is 30.3 Å². The number of carbonyl (C=O) groups is 1. The van der Waals surface area contributed by atoms with Crippen LogP contribution in [0.25, 0.3) is 22.0 Å². The number of ether oxygens (including phenoxy) is 2. The fourth-order valence-corrected chi connectivity index (χ4v) is 2.85. The Kier molecular flexibility index (Phi) is 9.84. The Morgan fingerprint density at radius 3 is 2.44 bits per heavy atom. The van der Waals surface area contributed by atoms with Crippen molar-refractivity contribution in [2.75, 3.05) is 26.9 Å². The molecule has 0 unspecified atom stereocenters. The van der Waals surface area contributed by atoms with Crippen LogP contribution >= 0.6 is 31.0 Å². The number of pyridine rings is 1. The van der Waals surface area contributed by atoms with Crippen LogP contribution in [0.1, 0.15) is 10.4 Å². The molecule has 0 saturated carbocycles. The molecule has 0 saturated heterocycles. The minimum Gasteiger partial charge on any atom is -0.497 e. The number of rotatable bonds is 7. The predicted molar refractivity (Wildman–Crippen MR) is 128 cm³/mol. The molecule has 0 aliphatic carbocycles. The number of hydrogen-bond acceptors (Lipinski definition) is 6. The highest BCUT2D eigenvalue weighted by molar-refractivity contribution is 14.2. The Morgan fingerprint density at radius 2 is 1.84 bits per heavy atom. The molecule has 1 amide bonds. The van der Waals surface area contributed by atoms with Crippen molar-refractivity contribution in [1.29, 1.82) is 0 Å². The molecule has 0 atom stereocenters. The molecule has 6 nitrogen and oxygen atoms in total. The van der Waals surface area contributed by atoms with E-state index in [2.05, 4.69) is 20.1 Å². The van der Waals surface area contributed by atoms with Crippen LogP contribution in [-0.4, -0.2) is 49.0 Å². The fraction of sp³-hybridized carbons (Fsp3) is 0.238. The third-order valence-corrected chi connectivity index (χ3v) is 4.22. The highest BCUT2D eigenvalue weighted by Crippen LogP contribution is 2.33. The van der Waals surface area contributed by atoms with Gasteiger partial charge in [0.25, 0.3) is 5.91 Å². The van der Waals surface area contributed by atoms with Gasteiger partial charge in [-0.1, -0.05) is 12.1 Å². The molecular weight excluding hydrogens is 560 g/mol. The lowest BCUT2D eigenvalue weighted by atomic mass is 10.0. The average molecular weight is 580 g/mol. The van der Waals surface area contributed by atoms with E-state index in [0.717, 1.165) is 0 Å². The number of halogens is 4. The first-order valence-corrected chi connectivity index (χ1v) is 12.4. The van der Waals surface area contributed by atoms with Crippen LogP contribution in [0.15, 0.2) is 48.7 Å². The molecule has 0 radical (unpaired) electrons. The van der Waals surface area contributed by atoms with E-state index < -0.39 is 12.8 Å². The molecule has 11 heteroatoms. The molecule has 2 N–H and O–H groups in total. The van der Waals surface area contributed by atoms with Gasteiger partial charge < -0.3 is 19.9 Å². The Morgan fingerprint density at radius 1 is 1.16 bits per heavy atom. The highest BCUT2D eigenvalue weighted by atomic mass is 127. The minimum atomic E-state index is -4.41. The summed E-state index contributed by atoms with van der Waals surface area (Å²) in [5.41, 5.74) is 2.31. The third-order valence-electron chi connectivity index (χ3n) is 4.22. The molecular formula is C21H20F3IN2O4S. The molecule has 2 aromatic carbocycles. The molecule has 1 heterocycles. The third kappa shape index (κ3) is 7.14. The summed E-state index contributed by atoms with van der Waals surface area (Å²) in [6, 6.07) is 11.3. The molecule has 0 aliphatic rings. The SMILES string of the molecule is COc1cc(-c2ccc(OCC(F)(F)F)cc2)c2ncc(C(=O)NCCO)cc2c1.SI. The number of nitrogens with one attached hydrogen (secondary N) is 1.